The van der Waals surface area contributed by atoms with Crippen molar-refractivity contribution in [2.24, 2.45) is 5.92 Å². The number of nitrogens with zero attached hydrogens (tertiary/aromatic N) is 4. The lowest BCUT2D eigenvalue weighted by molar-refractivity contribution is -0.133. The van der Waals surface area contributed by atoms with Crippen LogP contribution in [0.1, 0.15) is 30.5 Å². The van der Waals surface area contributed by atoms with E-state index in [2.05, 4.69) is 21.2 Å². The summed E-state index contributed by atoms with van der Waals surface area (Å²) in [7, 11) is 1.94. The van der Waals surface area contributed by atoms with Gasteiger partial charge >= 0.3 is 0 Å². The summed E-state index contributed by atoms with van der Waals surface area (Å²) in [5, 5.41) is 8.66. The van der Waals surface area contributed by atoms with E-state index in [9.17, 15) is 4.79 Å². The summed E-state index contributed by atoms with van der Waals surface area (Å²) in [6.45, 7) is 1.78. The first kappa shape index (κ1) is 12.1. The van der Waals surface area contributed by atoms with Crippen molar-refractivity contribution in [3.8, 4) is 0 Å². The minimum atomic E-state index is 0.314. The molecule has 2 aliphatic carbocycles. The first-order chi connectivity index (χ1) is 9.72. The fourth-order valence-corrected chi connectivity index (χ4v) is 3.16. The number of aromatic nitrogens is 2. The quantitative estimate of drug-likeness (QED) is 0.824. The van der Waals surface area contributed by atoms with E-state index < -0.39 is 0 Å². The maximum Gasteiger partial charge on any atom is 0.225 e. The van der Waals surface area contributed by atoms with Gasteiger partial charge in [0, 0.05) is 26.1 Å². The molecule has 5 heteroatoms. The predicted molar refractivity (Wildman–Crippen MR) is 75.6 cm³/mol. The second kappa shape index (κ2) is 4.43. The zero-order valence-corrected chi connectivity index (χ0v) is 11.9. The van der Waals surface area contributed by atoms with Crippen LogP contribution in [0.5, 0.6) is 0 Å². The fourth-order valence-electron chi connectivity index (χ4n) is 3.16. The highest BCUT2D eigenvalue weighted by Gasteiger charge is 2.39. The highest BCUT2D eigenvalue weighted by molar-refractivity contribution is 5.81. The average Bonchev–Trinajstić information content (AvgIpc) is 3.14. The zero-order chi connectivity index (χ0) is 13.7. The highest BCUT2D eigenvalue weighted by Crippen LogP contribution is 2.33. The van der Waals surface area contributed by atoms with Crippen molar-refractivity contribution in [3.63, 3.8) is 0 Å². The van der Waals surface area contributed by atoms with E-state index in [1.54, 1.807) is 0 Å². The smallest absolute Gasteiger partial charge is 0.225 e. The lowest BCUT2D eigenvalue weighted by atomic mass is 10.1. The Morgan fingerprint density at radius 3 is 2.85 bits per heavy atom. The van der Waals surface area contributed by atoms with Gasteiger partial charge in [0.05, 0.1) is 11.7 Å². The van der Waals surface area contributed by atoms with Gasteiger partial charge in [-0.15, -0.1) is 5.10 Å². The number of anilines is 1. The normalized spacial score (nSPS) is 21.6. The second-order valence-corrected chi connectivity index (χ2v) is 6.31. The van der Waals surface area contributed by atoms with Crippen LogP contribution in [0.3, 0.4) is 0 Å². The molecule has 4 rings (SSSR count). The third kappa shape index (κ3) is 1.96. The molecule has 5 nitrogen and oxygen atoms in total. The van der Waals surface area contributed by atoms with Crippen molar-refractivity contribution in [2.45, 2.75) is 38.1 Å². The van der Waals surface area contributed by atoms with E-state index in [1.165, 1.54) is 17.7 Å². The second-order valence-electron chi connectivity index (χ2n) is 6.31. The minimum absolute atomic E-state index is 0.314. The van der Waals surface area contributed by atoms with Crippen LogP contribution in [0.15, 0.2) is 6.07 Å². The van der Waals surface area contributed by atoms with Crippen LogP contribution in [-0.2, 0) is 17.6 Å². The number of carbonyl (C=O) groups is 1. The molecule has 0 atom stereocenters. The van der Waals surface area contributed by atoms with Crippen molar-refractivity contribution >= 4 is 11.7 Å². The topological polar surface area (TPSA) is 49.3 Å². The molecule has 3 aliphatic rings. The van der Waals surface area contributed by atoms with Crippen LogP contribution in [0.4, 0.5) is 5.82 Å². The van der Waals surface area contributed by atoms with Crippen molar-refractivity contribution in [2.75, 3.05) is 25.0 Å². The molecule has 1 amide bonds. The Hall–Kier alpha value is -1.65. The van der Waals surface area contributed by atoms with Crippen molar-refractivity contribution in [1.82, 2.24) is 15.1 Å². The Balaban J connectivity index is 1.39. The molecule has 1 saturated carbocycles. The lowest BCUT2D eigenvalue weighted by Crippen LogP contribution is -2.60. The molecule has 0 N–H and O–H groups in total. The summed E-state index contributed by atoms with van der Waals surface area (Å²) < 4.78 is 0. The monoisotopic (exact) mass is 272 g/mol. The average molecular weight is 272 g/mol. The van der Waals surface area contributed by atoms with Crippen molar-refractivity contribution < 1.29 is 4.79 Å². The molecule has 2 fully saturated rings. The van der Waals surface area contributed by atoms with Gasteiger partial charge in [-0.1, -0.05) is 0 Å². The van der Waals surface area contributed by atoms with Gasteiger partial charge in [0.25, 0.3) is 0 Å². The molecule has 0 spiro atoms. The van der Waals surface area contributed by atoms with E-state index in [0.717, 1.165) is 44.6 Å². The van der Waals surface area contributed by atoms with Gasteiger partial charge in [-0.2, -0.15) is 5.10 Å². The van der Waals surface area contributed by atoms with Gasteiger partial charge in [0.15, 0.2) is 5.82 Å². The third-order valence-electron chi connectivity index (χ3n) is 4.82. The van der Waals surface area contributed by atoms with E-state index in [4.69, 9.17) is 0 Å². The molecule has 1 aromatic rings. The van der Waals surface area contributed by atoms with E-state index in [-0.39, 0.29) is 0 Å². The number of hydrogen-bond acceptors (Lipinski definition) is 4. The van der Waals surface area contributed by atoms with Crippen LogP contribution in [0.25, 0.3) is 0 Å². The Kier molecular flexibility index (Phi) is 2.69. The number of likely N-dealkylation sites (N-methyl/N-ethyl adjacent to an activating group) is 1. The minimum Gasteiger partial charge on any atom is -0.351 e. The maximum atomic E-state index is 12.0. The van der Waals surface area contributed by atoms with Crippen LogP contribution in [-0.4, -0.2) is 47.2 Å². The van der Waals surface area contributed by atoms with E-state index in [1.807, 2.05) is 11.9 Å². The van der Waals surface area contributed by atoms with Gasteiger partial charge in [0.2, 0.25) is 5.91 Å². The maximum absolute atomic E-state index is 12.0. The molecule has 0 unspecified atom stereocenters. The first-order valence-electron chi connectivity index (χ1n) is 7.59. The van der Waals surface area contributed by atoms with E-state index in [0.29, 0.717) is 17.9 Å². The SMILES string of the molecule is CN(C(=O)C1CC1)C1CN(c2cc3c(nn2)CCC3)C1. The van der Waals surface area contributed by atoms with Crippen LogP contribution < -0.4 is 4.90 Å². The molecule has 1 aromatic heterocycles. The Morgan fingerprint density at radius 2 is 2.10 bits per heavy atom. The first-order valence-corrected chi connectivity index (χ1v) is 7.59. The molecule has 0 aromatic carbocycles. The van der Waals surface area contributed by atoms with Gasteiger partial charge < -0.3 is 9.80 Å². The number of amides is 1. The number of aryl methyl sites for hydroxylation is 2. The largest absolute Gasteiger partial charge is 0.351 e. The number of hydrogen-bond donors (Lipinski definition) is 0. The van der Waals surface area contributed by atoms with Crippen LogP contribution in [0.2, 0.25) is 0 Å². The van der Waals surface area contributed by atoms with Crippen molar-refractivity contribution in [3.05, 3.63) is 17.3 Å². The zero-order valence-electron chi connectivity index (χ0n) is 11.9. The number of rotatable bonds is 3. The Labute approximate surface area is 119 Å². The molecule has 20 heavy (non-hydrogen) atoms. The number of fused-ring (bicyclic) bond motifs is 1. The molecule has 2 heterocycles. The van der Waals surface area contributed by atoms with Gasteiger partial charge in [0.1, 0.15) is 0 Å². The summed E-state index contributed by atoms with van der Waals surface area (Å²) >= 11 is 0. The molecule has 0 bridgehead atoms. The molecular weight excluding hydrogens is 252 g/mol. The fraction of sp³-hybridized carbons (Fsp3) is 0.667. The van der Waals surface area contributed by atoms with Gasteiger partial charge in [-0.25, -0.2) is 0 Å². The highest BCUT2D eigenvalue weighted by atomic mass is 16.2. The molecule has 0 radical (unpaired) electrons. The van der Waals surface area contributed by atoms with E-state index >= 15 is 0 Å². The molecule has 1 aliphatic heterocycles. The third-order valence-corrected chi connectivity index (χ3v) is 4.82. The van der Waals surface area contributed by atoms with Crippen molar-refractivity contribution in [1.29, 1.82) is 0 Å². The number of carbonyl (C=O) groups excluding carboxylic acids is 1. The summed E-state index contributed by atoms with van der Waals surface area (Å²) in [5.41, 5.74) is 2.53. The van der Waals surface area contributed by atoms with Crippen LogP contribution >= 0.6 is 0 Å². The Morgan fingerprint density at radius 1 is 1.30 bits per heavy atom. The van der Waals surface area contributed by atoms with Gasteiger partial charge in [-0.3, -0.25) is 4.79 Å². The summed E-state index contributed by atoms with van der Waals surface area (Å²) in [6.07, 6.45) is 5.57. The molecule has 106 valence electrons. The summed E-state index contributed by atoms with van der Waals surface area (Å²) in [4.78, 5) is 16.2. The molecular formula is C15H20N4O. The van der Waals surface area contributed by atoms with Gasteiger partial charge in [-0.05, 0) is 43.7 Å². The standard InChI is InChI=1S/C15H20N4O/c1-18(15(20)10-5-6-10)12-8-19(9-12)14-7-11-3-2-4-13(11)16-17-14/h7,10,12H,2-6,8-9H2,1H3. The van der Waals surface area contributed by atoms with Crippen LogP contribution in [0, 0.1) is 5.92 Å². The summed E-state index contributed by atoms with van der Waals surface area (Å²) in [6, 6.07) is 2.53. The lowest BCUT2D eigenvalue weighted by Gasteiger charge is -2.44. The predicted octanol–water partition coefficient (Wildman–Crippen LogP) is 1.02. The Bertz CT molecular complexity index is 549. The molecule has 1 saturated heterocycles. The summed E-state index contributed by atoms with van der Waals surface area (Å²) in [5.74, 6) is 1.62.